The van der Waals surface area contributed by atoms with E-state index in [0.717, 1.165) is 53.0 Å². The van der Waals surface area contributed by atoms with Crippen LogP contribution in [-0.4, -0.2) is 59.8 Å². The molecule has 15 heterocycles. The van der Waals surface area contributed by atoms with E-state index < -0.39 is 40.3 Å². The van der Waals surface area contributed by atoms with Gasteiger partial charge in [0, 0.05) is 53.4 Å². The molecule has 0 radical (unpaired) electrons. The topological polar surface area (TPSA) is 423 Å². The molecule has 113 heavy (non-hydrogen) atoms. The fraction of sp³-hybridized carbons (Fsp3) is 0.410. The van der Waals surface area contributed by atoms with Crippen LogP contribution in [0.5, 0.6) is 0 Å². The van der Waals surface area contributed by atoms with Crippen LogP contribution in [0.2, 0.25) is 0 Å². The van der Waals surface area contributed by atoms with Gasteiger partial charge in [-0.3, -0.25) is 4.79 Å². The maximum Gasteiger partial charge on any atom is 0.441 e. The molecule has 0 saturated carbocycles. The second-order valence-electron chi connectivity index (χ2n) is 33.4. The standard InChI is InChI=1S/C12H13NOS.C10H11NO3.2C10H11NO2S.2C9H10N2O3.2C9H10N2O2S/c1-12(2,3)10-8-6-4-5-7-9(8)15-11(14)13-10;1-10(2,3)7-6-4-5-13-8(6)14-9(12)11-7;1-10(2,3)8-7-6(4-5-14-7)13-9(12)11-8;1-10(2,3)7-6-4-5-14-8(6)13-9(12)11-7;1-9(2,3)6-5-7(10-4-13-5)14-8(12)11-6;1-9(2,3)6-5-7(13-4-10-5)14-8(12)11-6;1-9(2,3)6-5-7(10-4-14-5)13-8(12)11-6;1-9(2,3)6-5-7(14-4-10-5)13-8(12)11-6/h4-7H,1-3H3;3*4-5H,1-3H3;4*4H,1-3H3. The maximum absolute atomic E-state index is 11.5. The van der Waals surface area contributed by atoms with Crippen molar-refractivity contribution in [3.63, 3.8) is 0 Å². The first-order chi connectivity index (χ1) is 52.4. The van der Waals surface area contributed by atoms with Crippen LogP contribution in [0, 0.1) is 0 Å². The molecule has 16 rings (SSSR count). The Labute approximate surface area is 663 Å². The van der Waals surface area contributed by atoms with E-state index in [2.05, 4.69) is 80.6 Å². The third kappa shape index (κ3) is 21.7. The smallest absolute Gasteiger partial charge is 0.438 e. The summed E-state index contributed by atoms with van der Waals surface area (Å²) in [5.74, 6) is -3.68. The van der Waals surface area contributed by atoms with E-state index in [-0.39, 0.29) is 65.5 Å². The third-order valence-electron chi connectivity index (χ3n) is 15.6. The van der Waals surface area contributed by atoms with E-state index in [4.69, 9.17) is 44.2 Å². The first-order valence-corrected chi connectivity index (χ1v) is 39.3. The van der Waals surface area contributed by atoms with Gasteiger partial charge in [0.1, 0.15) is 15.9 Å². The lowest BCUT2D eigenvalue weighted by atomic mass is 9.90. The van der Waals surface area contributed by atoms with Crippen molar-refractivity contribution in [3.8, 4) is 0 Å². The van der Waals surface area contributed by atoms with Crippen molar-refractivity contribution in [1.29, 1.82) is 0 Å². The van der Waals surface area contributed by atoms with Crippen molar-refractivity contribution in [2.75, 3.05) is 0 Å². The van der Waals surface area contributed by atoms with Crippen molar-refractivity contribution in [2.45, 2.75) is 209 Å². The average Bonchev–Trinajstić information content (AvgIpc) is 1.74. The second-order valence-corrected chi connectivity index (χ2v) is 37.9. The van der Waals surface area contributed by atoms with Gasteiger partial charge in [0.15, 0.2) is 28.8 Å². The van der Waals surface area contributed by atoms with Crippen molar-refractivity contribution < 1.29 is 44.2 Å². The SMILES string of the molecule is CC(C)(C)c1nc(=O)oc2ccsc12.CC(C)(C)c1nc(=O)oc2ncoc12.CC(C)(C)c1nc(=O)oc2ncsc12.CC(C)(C)c1nc(=O)oc2occc12.CC(C)(C)c1nc(=O)oc2ocnc12.CC(C)(C)c1nc(=O)oc2sccc12.CC(C)(C)c1nc(=O)oc2scnc12.CC(C)(C)c1nc(=O)sc2ccccc12. The maximum atomic E-state index is 11.5. The Morgan fingerprint density at radius 3 is 1.35 bits per heavy atom. The molecule has 0 bridgehead atoms. The van der Waals surface area contributed by atoms with Gasteiger partial charge in [0.05, 0.1) is 72.6 Å². The number of fused-ring (bicyclic) bond motifs is 8. The second kappa shape index (κ2) is 33.4. The van der Waals surface area contributed by atoms with Crippen molar-refractivity contribution in [1.82, 2.24) is 59.8 Å². The molecule has 0 atom stereocenters. The van der Waals surface area contributed by atoms with Gasteiger partial charge in [0.25, 0.3) is 5.71 Å². The van der Waals surface area contributed by atoms with Crippen LogP contribution < -0.4 is 45.2 Å². The van der Waals surface area contributed by atoms with E-state index in [1.807, 2.05) is 186 Å². The number of oxazole rings is 2. The molecule has 0 amide bonds. The number of benzene rings is 1. The fourth-order valence-corrected chi connectivity index (χ4v) is 14.6. The van der Waals surface area contributed by atoms with Crippen molar-refractivity contribution >= 4 is 142 Å². The average molecular weight is 1640 g/mol. The Hall–Kier alpha value is -10.9. The summed E-state index contributed by atoms with van der Waals surface area (Å²) in [7, 11) is 0. The third-order valence-corrected chi connectivity index (χ3v) is 19.6. The van der Waals surface area contributed by atoms with Crippen LogP contribution in [0.4, 0.5) is 0 Å². The zero-order chi connectivity index (χ0) is 83.5. The minimum absolute atomic E-state index is 0.0905. The summed E-state index contributed by atoms with van der Waals surface area (Å²) in [5.41, 5.74) is 10.6. The summed E-state index contributed by atoms with van der Waals surface area (Å²) < 4.78 is 52.0. The number of thiophene rings is 2. The molecule has 30 nitrogen and oxygen atoms in total. The number of furan rings is 1. The molecule has 0 aliphatic carbocycles. The first kappa shape index (κ1) is 86.1. The highest BCUT2D eigenvalue weighted by Crippen LogP contribution is 2.35. The molecular weight excluding hydrogens is 1550 g/mol. The molecule has 0 aliphatic heterocycles. The Kier molecular flexibility index (Phi) is 25.5. The van der Waals surface area contributed by atoms with Crippen LogP contribution in [0.1, 0.15) is 212 Å². The molecule has 16 aromatic rings. The van der Waals surface area contributed by atoms with Crippen LogP contribution in [0.3, 0.4) is 0 Å². The lowest BCUT2D eigenvalue weighted by molar-refractivity contribution is 0.424. The van der Waals surface area contributed by atoms with Gasteiger partial charge in [-0.05, 0) is 35.0 Å². The Bertz CT molecular complexity index is 5590. The highest BCUT2D eigenvalue weighted by Gasteiger charge is 2.29. The summed E-state index contributed by atoms with van der Waals surface area (Å²) in [6.45, 7) is 48.1. The molecule has 35 heteroatoms. The quantitative estimate of drug-likeness (QED) is 0.136. The predicted octanol–water partition coefficient (Wildman–Crippen LogP) is 17.0. The summed E-state index contributed by atoms with van der Waals surface area (Å²) >= 11 is 6.94. The van der Waals surface area contributed by atoms with Crippen LogP contribution in [0.25, 0.3) is 85.2 Å². The highest BCUT2D eigenvalue weighted by molar-refractivity contribution is 7.18. The molecule has 1 aromatic carbocycles. The number of hydrogen-bond acceptors (Lipinski definition) is 35. The van der Waals surface area contributed by atoms with Gasteiger partial charge in [-0.25, -0.2) is 53.5 Å². The Morgan fingerprint density at radius 2 is 0.761 bits per heavy atom. The predicted molar refractivity (Wildman–Crippen MR) is 437 cm³/mol. The van der Waals surface area contributed by atoms with Gasteiger partial charge in [-0.15, -0.1) is 34.0 Å². The monoisotopic (exact) mass is 1640 g/mol. The number of nitrogens with zero attached hydrogens (tertiary/aromatic N) is 12. The fourth-order valence-electron chi connectivity index (χ4n) is 10.6. The minimum Gasteiger partial charge on any atom is -0.438 e. The lowest BCUT2D eigenvalue weighted by Gasteiger charge is -2.18. The van der Waals surface area contributed by atoms with E-state index in [0.29, 0.717) is 60.5 Å². The minimum atomic E-state index is -0.654. The summed E-state index contributed by atoms with van der Waals surface area (Å²) in [4.78, 5) is 138. The summed E-state index contributed by atoms with van der Waals surface area (Å²) in [5, 5.41) is 6.61. The zero-order valence-corrected chi connectivity index (χ0v) is 70.9. The van der Waals surface area contributed by atoms with E-state index in [1.54, 1.807) is 34.5 Å². The summed E-state index contributed by atoms with van der Waals surface area (Å²) in [6, 6.07) is 13.4. The molecule has 0 aliphatic rings. The molecule has 0 unspecified atom stereocenters. The highest BCUT2D eigenvalue weighted by atomic mass is 32.1. The molecular formula is C78H86N12O18S5. The van der Waals surface area contributed by atoms with Gasteiger partial charge in [-0.2, -0.15) is 39.9 Å². The van der Waals surface area contributed by atoms with Gasteiger partial charge in [-0.1, -0.05) is 207 Å². The van der Waals surface area contributed by atoms with Gasteiger partial charge >= 0.3 is 56.7 Å². The molecule has 596 valence electrons. The van der Waals surface area contributed by atoms with E-state index >= 15 is 0 Å². The first-order valence-electron chi connectivity index (χ1n) is 34.9. The largest absolute Gasteiger partial charge is 0.441 e. The Morgan fingerprint density at radius 1 is 0.310 bits per heavy atom. The normalized spacial score (nSPS) is 12.2. The lowest BCUT2D eigenvalue weighted by Crippen LogP contribution is -2.19. The van der Waals surface area contributed by atoms with Crippen molar-refractivity contribution in [3.05, 3.63) is 212 Å². The number of aromatic nitrogens is 12. The van der Waals surface area contributed by atoms with E-state index in [9.17, 15) is 38.4 Å². The van der Waals surface area contributed by atoms with Crippen LogP contribution in [0.15, 0.2) is 166 Å². The molecule has 0 spiro atoms. The molecule has 0 N–H and O–H groups in total. The van der Waals surface area contributed by atoms with Crippen LogP contribution >= 0.6 is 56.7 Å². The van der Waals surface area contributed by atoms with Crippen LogP contribution in [-0.2, 0) is 43.3 Å². The zero-order valence-electron chi connectivity index (χ0n) is 66.8. The molecule has 0 fully saturated rings. The van der Waals surface area contributed by atoms with E-state index in [1.165, 1.54) is 64.4 Å². The number of hydrogen-bond donors (Lipinski definition) is 0. The van der Waals surface area contributed by atoms with Crippen molar-refractivity contribution in [2.24, 2.45) is 0 Å². The van der Waals surface area contributed by atoms with Gasteiger partial charge < -0.3 is 44.2 Å². The van der Waals surface area contributed by atoms with Gasteiger partial charge in [0.2, 0.25) is 16.2 Å². The Balaban J connectivity index is 0.000000148. The molecule has 15 aromatic heterocycles. The molecule has 0 saturated heterocycles. The number of thiazole rings is 2. The summed E-state index contributed by atoms with van der Waals surface area (Å²) in [6.07, 6.45) is 3.97. The number of rotatable bonds is 0.